The molecule has 0 radical (unpaired) electrons. The Morgan fingerprint density at radius 3 is 2.39 bits per heavy atom. The molecule has 2 heteroatoms. The minimum absolute atomic E-state index is 0.151. The van der Waals surface area contributed by atoms with Crippen LogP contribution in [0.5, 0.6) is 5.75 Å². The van der Waals surface area contributed by atoms with E-state index in [1.807, 2.05) is 61.5 Å². The van der Waals surface area contributed by atoms with Crippen LogP contribution in [0.2, 0.25) is 0 Å². The standard InChI is InChI=1S/C16H14O2/c1-11-15(17)13-9-5-6-10-14(13)18-16(11)12-7-3-2-4-8-12/h2-11,16H,1H3. The van der Waals surface area contributed by atoms with Crippen LogP contribution in [0.4, 0.5) is 0 Å². The van der Waals surface area contributed by atoms with Gasteiger partial charge in [0.2, 0.25) is 0 Å². The molecule has 18 heavy (non-hydrogen) atoms. The van der Waals surface area contributed by atoms with Crippen molar-refractivity contribution in [3.05, 3.63) is 65.7 Å². The Labute approximate surface area is 106 Å². The highest BCUT2D eigenvalue weighted by molar-refractivity contribution is 6.01. The number of benzene rings is 2. The Kier molecular flexibility index (Phi) is 2.63. The number of rotatable bonds is 1. The second-order valence-electron chi connectivity index (χ2n) is 4.60. The lowest BCUT2D eigenvalue weighted by Crippen LogP contribution is -2.29. The first kappa shape index (κ1) is 11.0. The molecule has 2 unspecified atom stereocenters. The Morgan fingerprint density at radius 1 is 0.944 bits per heavy atom. The van der Waals surface area contributed by atoms with Crippen molar-refractivity contribution >= 4 is 5.78 Å². The second-order valence-corrected chi connectivity index (χ2v) is 4.60. The molecule has 1 heterocycles. The van der Waals surface area contributed by atoms with E-state index >= 15 is 0 Å². The zero-order chi connectivity index (χ0) is 12.5. The van der Waals surface area contributed by atoms with Crippen molar-refractivity contribution in [2.24, 2.45) is 5.92 Å². The Balaban J connectivity index is 2.04. The molecule has 0 aliphatic carbocycles. The highest BCUT2D eigenvalue weighted by Gasteiger charge is 2.34. The molecule has 0 spiro atoms. The fraction of sp³-hybridized carbons (Fsp3) is 0.188. The predicted molar refractivity (Wildman–Crippen MR) is 69.7 cm³/mol. The van der Waals surface area contributed by atoms with Crippen LogP contribution in [-0.2, 0) is 0 Å². The molecule has 0 saturated heterocycles. The summed E-state index contributed by atoms with van der Waals surface area (Å²) in [4.78, 5) is 12.3. The molecule has 90 valence electrons. The summed E-state index contributed by atoms with van der Waals surface area (Å²) in [6.45, 7) is 1.93. The first-order chi connectivity index (χ1) is 8.77. The number of para-hydroxylation sites is 1. The lowest BCUT2D eigenvalue weighted by atomic mass is 9.87. The van der Waals surface area contributed by atoms with Crippen LogP contribution in [0.1, 0.15) is 28.9 Å². The number of Topliss-reactive ketones (excluding diaryl/α,β-unsaturated/α-hetero) is 1. The van der Waals surface area contributed by atoms with E-state index in [0.29, 0.717) is 11.3 Å². The summed E-state index contributed by atoms with van der Waals surface area (Å²) in [5.74, 6) is 0.697. The number of ether oxygens (including phenoxy) is 1. The van der Waals surface area contributed by atoms with Crippen LogP contribution in [0.3, 0.4) is 0 Å². The van der Waals surface area contributed by atoms with Gasteiger partial charge in [0.05, 0.1) is 11.5 Å². The lowest BCUT2D eigenvalue weighted by Gasteiger charge is -2.30. The van der Waals surface area contributed by atoms with Crippen LogP contribution in [-0.4, -0.2) is 5.78 Å². The highest BCUT2D eigenvalue weighted by atomic mass is 16.5. The third-order valence-corrected chi connectivity index (χ3v) is 3.40. The summed E-state index contributed by atoms with van der Waals surface area (Å²) in [6, 6.07) is 17.4. The van der Waals surface area contributed by atoms with Crippen LogP contribution < -0.4 is 4.74 Å². The number of carbonyl (C=O) groups excluding carboxylic acids is 1. The maximum absolute atomic E-state index is 12.3. The summed E-state index contributed by atoms with van der Waals surface area (Å²) < 4.78 is 5.98. The fourth-order valence-corrected chi connectivity index (χ4v) is 2.39. The van der Waals surface area contributed by atoms with E-state index in [0.717, 1.165) is 5.56 Å². The molecule has 0 bridgehead atoms. The number of hydrogen-bond donors (Lipinski definition) is 0. The monoisotopic (exact) mass is 238 g/mol. The van der Waals surface area contributed by atoms with Gasteiger partial charge in [-0.25, -0.2) is 0 Å². The van der Waals surface area contributed by atoms with Crippen molar-refractivity contribution in [1.82, 2.24) is 0 Å². The molecule has 0 N–H and O–H groups in total. The summed E-state index contributed by atoms with van der Waals surface area (Å²) in [7, 11) is 0. The van der Waals surface area contributed by atoms with E-state index in [4.69, 9.17) is 4.74 Å². The molecule has 0 fully saturated rings. The van der Waals surface area contributed by atoms with Gasteiger partial charge in [-0.2, -0.15) is 0 Å². The molecule has 2 atom stereocenters. The Morgan fingerprint density at radius 2 is 1.61 bits per heavy atom. The number of ketones is 1. The third kappa shape index (κ3) is 1.70. The highest BCUT2D eigenvalue weighted by Crippen LogP contribution is 2.38. The van der Waals surface area contributed by atoms with Crippen molar-refractivity contribution in [2.75, 3.05) is 0 Å². The number of hydrogen-bond acceptors (Lipinski definition) is 2. The third-order valence-electron chi connectivity index (χ3n) is 3.40. The van der Waals surface area contributed by atoms with Gasteiger partial charge < -0.3 is 4.74 Å². The molecule has 0 amide bonds. The maximum Gasteiger partial charge on any atom is 0.173 e. The summed E-state index contributed by atoms with van der Waals surface area (Å²) in [6.07, 6.45) is -0.186. The average molecular weight is 238 g/mol. The van der Waals surface area contributed by atoms with Gasteiger partial charge in [0.15, 0.2) is 5.78 Å². The van der Waals surface area contributed by atoms with Gasteiger partial charge in [-0.15, -0.1) is 0 Å². The largest absolute Gasteiger partial charge is 0.484 e. The van der Waals surface area contributed by atoms with Crippen LogP contribution in [0, 0.1) is 5.92 Å². The van der Waals surface area contributed by atoms with Gasteiger partial charge in [-0.1, -0.05) is 49.4 Å². The van der Waals surface area contributed by atoms with E-state index < -0.39 is 0 Å². The summed E-state index contributed by atoms with van der Waals surface area (Å²) in [5, 5.41) is 0. The predicted octanol–water partition coefficient (Wildman–Crippen LogP) is 3.64. The average Bonchev–Trinajstić information content (AvgIpc) is 2.44. The SMILES string of the molecule is CC1C(=O)c2ccccc2OC1c1ccccc1. The van der Waals surface area contributed by atoms with Crippen molar-refractivity contribution in [1.29, 1.82) is 0 Å². The molecule has 0 saturated carbocycles. The number of fused-ring (bicyclic) bond motifs is 1. The lowest BCUT2D eigenvalue weighted by molar-refractivity contribution is 0.0690. The van der Waals surface area contributed by atoms with Gasteiger partial charge in [-0.3, -0.25) is 4.79 Å². The minimum Gasteiger partial charge on any atom is -0.484 e. The van der Waals surface area contributed by atoms with Crippen molar-refractivity contribution in [3.8, 4) is 5.75 Å². The Bertz CT molecular complexity index is 575. The van der Waals surface area contributed by atoms with Crippen molar-refractivity contribution in [3.63, 3.8) is 0 Å². The van der Waals surface area contributed by atoms with Gasteiger partial charge in [0, 0.05) is 0 Å². The Hall–Kier alpha value is -2.09. The smallest absolute Gasteiger partial charge is 0.173 e. The van der Waals surface area contributed by atoms with E-state index in [2.05, 4.69) is 0 Å². The van der Waals surface area contributed by atoms with E-state index in [1.165, 1.54) is 0 Å². The van der Waals surface area contributed by atoms with E-state index in [9.17, 15) is 4.79 Å². The summed E-state index contributed by atoms with van der Waals surface area (Å²) >= 11 is 0. The second kappa shape index (κ2) is 4.30. The first-order valence-corrected chi connectivity index (χ1v) is 6.12. The molecule has 2 nitrogen and oxygen atoms in total. The quantitative estimate of drug-likeness (QED) is 0.758. The fourth-order valence-electron chi connectivity index (χ4n) is 2.39. The number of carbonyl (C=O) groups is 1. The van der Waals surface area contributed by atoms with Gasteiger partial charge >= 0.3 is 0 Å². The van der Waals surface area contributed by atoms with Gasteiger partial charge in [0.1, 0.15) is 11.9 Å². The van der Waals surface area contributed by atoms with Crippen molar-refractivity contribution in [2.45, 2.75) is 13.0 Å². The molecule has 2 aromatic carbocycles. The molecule has 1 aliphatic heterocycles. The normalized spacial score (nSPS) is 22.2. The van der Waals surface area contributed by atoms with Crippen molar-refractivity contribution < 1.29 is 9.53 Å². The van der Waals surface area contributed by atoms with Crippen LogP contribution in [0.15, 0.2) is 54.6 Å². The van der Waals surface area contributed by atoms with Gasteiger partial charge in [0.25, 0.3) is 0 Å². The van der Waals surface area contributed by atoms with E-state index in [1.54, 1.807) is 0 Å². The van der Waals surface area contributed by atoms with Gasteiger partial charge in [-0.05, 0) is 17.7 Å². The molecule has 3 rings (SSSR count). The minimum atomic E-state index is -0.186. The maximum atomic E-state index is 12.3. The first-order valence-electron chi connectivity index (χ1n) is 6.12. The molecular formula is C16H14O2. The molecule has 1 aliphatic rings. The topological polar surface area (TPSA) is 26.3 Å². The zero-order valence-corrected chi connectivity index (χ0v) is 10.2. The molecular weight excluding hydrogens is 224 g/mol. The zero-order valence-electron chi connectivity index (χ0n) is 10.2. The van der Waals surface area contributed by atoms with E-state index in [-0.39, 0.29) is 17.8 Å². The summed E-state index contributed by atoms with van der Waals surface area (Å²) in [5.41, 5.74) is 1.74. The molecule has 2 aromatic rings. The molecule has 0 aromatic heterocycles. The van der Waals surface area contributed by atoms with Crippen LogP contribution in [0.25, 0.3) is 0 Å². The van der Waals surface area contributed by atoms with Crippen LogP contribution >= 0.6 is 0 Å².